The SMILES string of the molecule is COc1ccc(-c2cc3nc(C)nc(N4CCCCC4)c3[nH]2)cc1.Cl. The first-order chi connectivity index (χ1) is 11.7. The van der Waals surface area contributed by atoms with Crippen molar-refractivity contribution in [2.24, 2.45) is 0 Å². The van der Waals surface area contributed by atoms with Gasteiger partial charge in [-0.05, 0) is 62.1 Å². The van der Waals surface area contributed by atoms with E-state index in [9.17, 15) is 0 Å². The van der Waals surface area contributed by atoms with E-state index in [0.29, 0.717) is 0 Å². The Balaban J connectivity index is 0.00000182. The van der Waals surface area contributed by atoms with Crippen molar-refractivity contribution in [3.05, 3.63) is 36.2 Å². The van der Waals surface area contributed by atoms with Crippen molar-refractivity contribution in [3.63, 3.8) is 0 Å². The molecule has 0 aliphatic carbocycles. The van der Waals surface area contributed by atoms with Gasteiger partial charge in [0.1, 0.15) is 17.1 Å². The molecular weight excluding hydrogens is 336 g/mol. The lowest BCUT2D eigenvalue weighted by molar-refractivity contribution is 0.415. The fourth-order valence-corrected chi connectivity index (χ4v) is 3.37. The largest absolute Gasteiger partial charge is 0.497 e. The topological polar surface area (TPSA) is 54.0 Å². The van der Waals surface area contributed by atoms with Gasteiger partial charge in [-0.1, -0.05) is 0 Å². The summed E-state index contributed by atoms with van der Waals surface area (Å²) in [4.78, 5) is 15.3. The Bertz CT molecular complexity index is 854. The van der Waals surface area contributed by atoms with Crippen LogP contribution in [0.5, 0.6) is 5.75 Å². The second-order valence-electron chi connectivity index (χ2n) is 6.31. The van der Waals surface area contributed by atoms with Gasteiger partial charge in [0, 0.05) is 18.8 Å². The van der Waals surface area contributed by atoms with Crippen molar-refractivity contribution < 1.29 is 4.74 Å². The van der Waals surface area contributed by atoms with Gasteiger partial charge in [0.05, 0.1) is 12.6 Å². The van der Waals surface area contributed by atoms with E-state index in [1.54, 1.807) is 7.11 Å². The summed E-state index contributed by atoms with van der Waals surface area (Å²) >= 11 is 0. The van der Waals surface area contributed by atoms with Crippen LogP contribution in [0.15, 0.2) is 30.3 Å². The van der Waals surface area contributed by atoms with Crippen LogP contribution >= 0.6 is 12.4 Å². The molecule has 5 nitrogen and oxygen atoms in total. The third kappa shape index (κ3) is 3.42. The van der Waals surface area contributed by atoms with Crippen molar-refractivity contribution in [3.8, 4) is 17.0 Å². The maximum atomic E-state index is 5.24. The van der Waals surface area contributed by atoms with Crippen LogP contribution < -0.4 is 9.64 Å². The summed E-state index contributed by atoms with van der Waals surface area (Å²) in [5.74, 6) is 2.72. The number of hydrogen-bond acceptors (Lipinski definition) is 4. The van der Waals surface area contributed by atoms with Crippen molar-refractivity contribution >= 4 is 29.3 Å². The number of ether oxygens (including phenoxy) is 1. The van der Waals surface area contributed by atoms with Gasteiger partial charge < -0.3 is 14.6 Å². The number of halogens is 1. The number of rotatable bonds is 3. The molecule has 0 amide bonds. The number of nitrogens with zero attached hydrogens (tertiary/aromatic N) is 3. The first-order valence-corrected chi connectivity index (χ1v) is 8.51. The number of hydrogen-bond donors (Lipinski definition) is 1. The van der Waals surface area contributed by atoms with Gasteiger partial charge in [0.25, 0.3) is 0 Å². The van der Waals surface area contributed by atoms with E-state index in [2.05, 4.69) is 33.1 Å². The highest BCUT2D eigenvalue weighted by Crippen LogP contribution is 2.30. The number of piperidine rings is 1. The minimum absolute atomic E-state index is 0. The Labute approximate surface area is 153 Å². The molecule has 0 spiro atoms. The van der Waals surface area contributed by atoms with Crippen LogP contribution in [0.3, 0.4) is 0 Å². The molecule has 4 rings (SSSR count). The molecule has 6 heteroatoms. The van der Waals surface area contributed by atoms with Crippen LogP contribution in [-0.2, 0) is 0 Å². The molecule has 0 saturated carbocycles. The molecule has 3 aromatic rings. The lowest BCUT2D eigenvalue weighted by atomic mass is 10.1. The first-order valence-electron chi connectivity index (χ1n) is 8.51. The molecule has 0 unspecified atom stereocenters. The van der Waals surface area contributed by atoms with Gasteiger partial charge in [-0.25, -0.2) is 9.97 Å². The third-order valence-electron chi connectivity index (χ3n) is 4.63. The number of anilines is 1. The third-order valence-corrected chi connectivity index (χ3v) is 4.63. The molecular formula is C19H23ClN4O. The van der Waals surface area contributed by atoms with E-state index < -0.39 is 0 Å². The fourth-order valence-electron chi connectivity index (χ4n) is 3.37. The van der Waals surface area contributed by atoms with E-state index in [0.717, 1.165) is 52.8 Å². The number of methoxy groups -OCH3 is 1. The number of H-pyrrole nitrogens is 1. The molecule has 132 valence electrons. The Kier molecular flexibility index (Phi) is 5.13. The molecule has 3 heterocycles. The average molecular weight is 359 g/mol. The van der Waals surface area contributed by atoms with Crippen molar-refractivity contribution in [2.45, 2.75) is 26.2 Å². The van der Waals surface area contributed by atoms with Crippen LogP contribution in [0.2, 0.25) is 0 Å². The van der Waals surface area contributed by atoms with Crippen molar-refractivity contribution in [1.82, 2.24) is 15.0 Å². The second kappa shape index (κ2) is 7.31. The van der Waals surface area contributed by atoms with Crippen LogP contribution in [0.25, 0.3) is 22.3 Å². The summed E-state index contributed by atoms with van der Waals surface area (Å²) < 4.78 is 5.24. The lowest BCUT2D eigenvalue weighted by Crippen LogP contribution is -2.30. The van der Waals surface area contributed by atoms with E-state index >= 15 is 0 Å². The molecule has 2 aromatic heterocycles. The second-order valence-corrected chi connectivity index (χ2v) is 6.31. The molecule has 0 atom stereocenters. The molecule has 1 aliphatic heterocycles. The molecule has 1 fully saturated rings. The minimum atomic E-state index is 0. The van der Waals surface area contributed by atoms with E-state index in [-0.39, 0.29) is 12.4 Å². The molecule has 1 aromatic carbocycles. The van der Waals surface area contributed by atoms with Gasteiger partial charge in [0.2, 0.25) is 0 Å². The number of aryl methyl sites for hydroxylation is 1. The number of nitrogens with one attached hydrogen (secondary N) is 1. The van der Waals surface area contributed by atoms with Crippen LogP contribution in [-0.4, -0.2) is 35.2 Å². The summed E-state index contributed by atoms with van der Waals surface area (Å²) in [6.45, 7) is 4.11. The zero-order chi connectivity index (χ0) is 16.5. The predicted octanol–water partition coefficient (Wildman–Crippen LogP) is 4.35. The highest BCUT2D eigenvalue weighted by atomic mass is 35.5. The molecule has 1 saturated heterocycles. The van der Waals surface area contributed by atoms with Gasteiger partial charge >= 0.3 is 0 Å². The van der Waals surface area contributed by atoms with Gasteiger partial charge in [0.15, 0.2) is 5.82 Å². The first kappa shape index (κ1) is 17.5. The maximum Gasteiger partial charge on any atom is 0.156 e. The predicted molar refractivity (Wildman–Crippen MR) is 104 cm³/mol. The van der Waals surface area contributed by atoms with E-state index in [1.165, 1.54) is 19.3 Å². The quantitative estimate of drug-likeness (QED) is 0.756. The highest BCUT2D eigenvalue weighted by Gasteiger charge is 2.18. The normalized spacial score (nSPS) is 14.4. The highest BCUT2D eigenvalue weighted by molar-refractivity contribution is 5.91. The minimum Gasteiger partial charge on any atom is -0.497 e. The Morgan fingerprint density at radius 1 is 1.04 bits per heavy atom. The zero-order valence-electron chi connectivity index (χ0n) is 14.6. The summed E-state index contributed by atoms with van der Waals surface area (Å²) in [5, 5.41) is 0. The van der Waals surface area contributed by atoms with Gasteiger partial charge in [-0.2, -0.15) is 0 Å². The fraction of sp³-hybridized carbons (Fsp3) is 0.368. The van der Waals surface area contributed by atoms with Crippen LogP contribution in [0.4, 0.5) is 5.82 Å². The molecule has 25 heavy (non-hydrogen) atoms. The molecule has 0 radical (unpaired) electrons. The number of benzene rings is 1. The van der Waals surface area contributed by atoms with Gasteiger partial charge in [-0.15, -0.1) is 12.4 Å². The van der Waals surface area contributed by atoms with Crippen LogP contribution in [0.1, 0.15) is 25.1 Å². The monoisotopic (exact) mass is 358 g/mol. The number of aromatic amines is 1. The van der Waals surface area contributed by atoms with E-state index in [4.69, 9.17) is 9.72 Å². The number of fused-ring (bicyclic) bond motifs is 1. The molecule has 1 aliphatic rings. The van der Waals surface area contributed by atoms with Crippen molar-refractivity contribution in [2.75, 3.05) is 25.1 Å². The van der Waals surface area contributed by atoms with Crippen molar-refractivity contribution in [1.29, 1.82) is 0 Å². The summed E-state index contributed by atoms with van der Waals surface area (Å²) in [5.41, 5.74) is 4.20. The standard InChI is InChI=1S/C19H22N4O.ClH/c1-13-20-17-12-16(14-6-8-15(24-2)9-7-14)22-18(17)19(21-13)23-10-4-3-5-11-23;/h6-9,12,22H,3-5,10-11H2,1-2H3;1H. The Hall–Kier alpha value is -2.27. The molecule has 0 bridgehead atoms. The summed E-state index contributed by atoms with van der Waals surface area (Å²) in [6.07, 6.45) is 3.78. The smallest absolute Gasteiger partial charge is 0.156 e. The Morgan fingerprint density at radius 3 is 2.44 bits per heavy atom. The van der Waals surface area contributed by atoms with Gasteiger partial charge in [-0.3, -0.25) is 0 Å². The maximum absolute atomic E-state index is 5.24. The molecule has 1 N–H and O–H groups in total. The summed E-state index contributed by atoms with van der Waals surface area (Å²) in [6, 6.07) is 10.2. The van der Waals surface area contributed by atoms with E-state index in [1.807, 2.05) is 19.1 Å². The average Bonchev–Trinajstić information content (AvgIpc) is 3.05. The van der Waals surface area contributed by atoms with Crippen LogP contribution in [0, 0.1) is 6.92 Å². The summed E-state index contributed by atoms with van der Waals surface area (Å²) in [7, 11) is 1.68. The number of aromatic nitrogens is 3. The Morgan fingerprint density at radius 2 is 1.76 bits per heavy atom. The lowest BCUT2D eigenvalue weighted by Gasteiger charge is -2.28. The zero-order valence-corrected chi connectivity index (χ0v) is 15.4.